The van der Waals surface area contributed by atoms with E-state index in [1.54, 1.807) is 0 Å². The number of halogens is 1. The molecule has 20 heavy (non-hydrogen) atoms. The minimum Gasteiger partial charge on any atom is -0.337 e. The van der Waals surface area contributed by atoms with Crippen molar-refractivity contribution in [2.24, 2.45) is 0 Å². The molecule has 1 saturated heterocycles. The van der Waals surface area contributed by atoms with Gasteiger partial charge >= 0.3 is 0 Å². The zero-order valence-corrected chi connectivity index (χ0v) is 13.3. The van der Waals surface area contributed by atoms with Gasteiger partial charge in [-0.25, -0.2) is 0 Å². The SMILES string of the molecule is CCC1(c2nc(-c3ccc(Br)cc3C)no2)CCCN1. The summed E-state index contributed by atoms with van der Waals surface area (Å²) in [6.45, 7) is 5.23. The minimum atomic E-state index is -0.130. The Bertz CT molecular complexity index is 617. The number of aromatic nitrogens is 2. The van der Waals surface area contributed by atoms with Crippen molar-refractivity contribution in [2.75, 3.05) is 6.54 Å². The summed E-state index contributed by atoms with van der Waals surface area (Å²) in [6.07, 6.45) is 3.18. The molecule has 1 N–H and O–H groups in total. The van der Waals surface area contributed by atoms with E-state index in [9.17, 15) is 0 Å². The second-order valence-corrected chi connectivity index (χ2v) is 6.26. The first-order valence-corrected chi connectivity index (χ1v) is 7.80. The van der Waals surface area contributed by atoms with Crippen LogP contribution in [-0.2, 0) is 5.54 Å². The number of aryl methyl sites for hydroxylation is 1. The van der Waals surface area contributed by atoms with E-state index in [-0.39, 0.29) is 5.54 Å². The molecular formula is C15H18BrN3O. The number of rotatable bonds is 3. The Morgan fingerprint density at radius 2 is 2.30 bits per heavy atom. The molecule has 2 heterocycles. The standard InChI is InChI=1S/C15H18BrN3O/c1-3-15(7-4-8-17-15)14-18-13(19-20-14)12-6-5-11(16)9-10(12)2/h5-6,9,17H,3-4,7-8H2,1-2H3. The van der Waals surface area contributed by atoms with E-state index in [1.807, 2.05) is 12.1 Å². The van der Waals surface area contributed by atoms with Gasteiger partial charge in [0.05, 0.1) is 5.54 Å². The molecule has 3 rings (SSSR count). The highest BCUT2D eigenvalue weighted by Gasteiger charge is 2.39. The van der Waals surface area contributed by atoms with Gasteiger partial charge in [0.25, 0.3) is 0 Å². The Balaban J connectivity index is 1.97. The predicted octanol–water partition coefficient (Wildman–Crippen LogP) is 3.80. The van der Waals surface area contributed by atoms with Gasteiger partial charge in [0, 0.05) is 10.0 Å². The van der Waals surface area contributed by atoms with Gasteiger partial charge in [-0.2, -0.15) is 4.98 Å². The number of hydrogen-bond acceptors (Lipinski definition) is 4. The van der Waals surface area contributed by atoms with Gasteiger partial charge in [-0.3, -0.25) is 0 Å². The third kappa shape index (κ3) is 2.29. The maximum absolute atomic E-state index is 5.55. The van der Waals surface area contributed by atoms with E-state index < -0.39 is 0 Å². The van der Waals surface area contributed by atoms with Crippen LogP contribution >= 0.6 is 15.9 Å². The predicted molar refractivity (Wildman–Crippen MR) is 81.4 cm³/mol. The van der Waals surface area contributed by atoms with Crippen molar-refractivity contribution >= 4 is 15.9 Å². The first-order valence-electron chi connectivity index (χ1n) is 7.00. The third-order valence-corrected chi connectivity index (χ3v) is 4.61. The van der Waals surface area contributed by atoms with Crippen LogP contribution in [0.15, 0.2) is 27.2 Å². The van der Waals surface area contributed by atoms with Gasteiger partial charge in [0.1, 0.15) is 0 Å². The number of hydrogen-bond donors (Lipinski definition) is 1. The van der Waals surface area contributed by atoms with Crippen LogP contribution in [0.5, 0.6) is 0 Å². The van der Waals surface area contributed by atoms with E-state index in [4.69, 9.17) is 4.52 Å². The third-order valence-electron chi connectivity index (χ3n) is 4.11. The van der Waals surface area contributed by atoms with Crippen LogP contribution in [0.3, 0.4) is 0 Å². The lowest BCUT2D eigenvalue weighted by molar-refractivity contribution is 0.250. The molecule has 5 heteroatoms. The Morgan fingerprint density at radius 1 is 1.45 bits per heavy atom. The lowest BCUT2D eigenvalue weighted by Gasteiger charge is -2.22. The Hall–Kier alpha value is -1.20. The summed E-state index contributed by atoms with van der Waals surface area (Å²) in [5.41, 5.74) is 2.03. The molecule has 0 radical (unpaired) electrons. The van der Waals surface area contributed by atoms with Crippen molar-refractivity contribution < 1.29 is 4.52 Å². The molecule has 1 fully saturated rings. The molecule has 1 aromatic carbocycles. The molecule has 4 nitrogen and oxygen atoms in total. The number of benzene rings is 1. The highest BCUT2D eigenvalue weighted by atomic mass is 79.9. The van der Waals surface area contributed by atoms with Crippen LogP contribution in [0.25, 0.3) is 11.4 Å². The summed E-state index contributed by atoms with van der Waals surface area (Å²) in [5.74, 6) is 1.39. The zero-order chi connectivity index (χ0) is 14.2. The minimum absolute atomic E-state index is 0.130. The van der Waals surface area contributed by atoms with Crippen molar-refractivity contribution in [3.05, 3.63) is 34.1 Å². The number of nitrogens with one attached hydrogen (secondary N) is 1. The number of nitrogens with zero attached hydrogens (tertiary/aromatic N) is 2. The van der Waals surface area contributed by atoms with E-state index in [0.717, 1.165) is 47.3 Å². The molecule has 1 aromatic heterocycles. The quantitative estimate of drug-likeness (QED) is 0.926. The Labute approximate surface area is 127 Å². The summed E-state index contributed by atoms with van der Waals surface area (Å²) in [7, 11) is 0. The van der Waals surface area contributed by atoms with Crippen LogP contribution in [-0.4, -0.2) is 16.7 Å². The fourth-order valence-corrected chi connectivity index (χ4v) is 3.32. The molecule has 1 aliphatic rings. The molecule has 106 valence electrons. The topological polar surface area (TPSA) is 51.0 Å². The van der Waals surface area contributed by atoms with Crippen LogP contribution in [0.1, 0.15) is 37.6 Å². The Kier molecular flexibility index (Phi) is 3.65. The fourth-order valence-electron chi connectivity index (χ4n) is 2.85. The first-order chi connectivity index (χ1) is 9.64. The fraction of sp³-hybridized carbons (Fsp3) is 0.467. The lowest BCUT2D eigenvalue weighted by Crippen LogP contribution is -2.36. The van der Waals surface area contributed by atoms with E-state index in [2.05, 4.69) is 51.3 Å². The maximum atomic E-state index is 5.55. The van der Waals surface area contributed by atoms with Gasteiger partial charge in [0.15, 0.2) is 0 Å². The molecule has 0 bridgehead atoms. The normalized spacial score (nSPS) is 22.4. The molecule has 1 unspecified atom stereocenters. The van der Waals surface area contributed by atoms with Gasteiger partial charge in [-0.15, -0.1) is 0 Å². The molecule has 2 aromatic rings. The highest BCUT2D eigenvalue weighted by Crippen LogP contribution is 2.34. The van der Waals surface area contributed by atoms with Gasteiger partial charge in [-0.05, 0) is 56.5 Å². The zero-order valence-electron chi connectivity index (χ0n) is 11.7. The molecular weight excluding hydrogens is 318 g/mol. The summed E-state index contributed by atoms with van der Waals surface area (Å²) in [5, 5.41) is 7.69. The van der Waals surface area contributed by atoms with Crippen LogP contribution in [0.4, 0.5) is 0 Å². The average molecular weight is 336 g/mol. The monoisotopic (exact) mass is 335 g/mol. The smallest absolute Gasteiger partial charge is 0.247 e. The van der Waals surface area contributed by atoms with Crippen LogP contribution in [0, 0.1) is 6.92 Å². The van der Waals surface area contributed by atoms with Gasteiger partial charge < -0.3 is 9.84 Å². The highest BCUT2D eigenvalue weighted by molar-refractivity contribution is 9.10. The second-order valence-electron chi connectivity index (χ2n) is 5.35. The molecule has 0 saturated carbocycles. The molecule has 0 amide bonds. The summed E-state index contributed by atoms with van der Waals surface area (Å²) in [6, 6.07) is 6.09. The van der Waals surface area contributed by atoms with E-state index in [1.165, 1.54) is 0 Å². The average Bonchev–Trinajstić information content (AvgIpc) is 3.08. The van der Waals surface area contributed by atoms with E-state index in [0.29, 0.717) is 5.82 Å². The van der Waals surface area contributed by atoms with Crippen LogP contribution in [0.2, 0.25) is 0 Å². The van der Waals surface area contributed by atoms with Crippen molar-refractivity contribution in [1.29, 1.82) is 0 Å². The molecule has 0 spiro atoms. The molecule has 1 atom stereocenters. The molecule has 0 aliphatic carbocycles. The molecule has 1 aliphatic heterocycles. The van der Waals surface area contributed by atoms with Crippen molar-refractivity contribution in [2.45, 2.75) is 38.6 Å². The van der Waals surface area contributed by atoms with Crippen molar-refractivity contribution in [3.8, 4) is 11.4 Å². The first kappa shape index (κ1) is 13.8. The van der Waals surface area contributed by atoms with Crippen molar-refractivity contribution in [1.82, 2.24) is 15.5 Å². The Morgan fingerprint density at radius 3 is 2.95 bits per heavy atom. The van der Waals surface area contributed by atoms with Gasteiger partial charge in [-0.1, -0.05) is 28.0 Å². The lowest BCUT2D eigenvalue weighted by atomic mass is 9.94. The van der Waals surface area contributed by atoms with Crippen LogP contribution < -0.4 is 5.32 Å². The maximum Gasteiger partial charge on any atom is 0.247 e. The van der Waals surface area contributed by atoms with E-state index >= 15 is 0 Å². The largest absolute Gasteiger partial charge is 0.337 e. The van der Waals surface area contributed by atoms with Crippen molar-refractivity contribution in [3.63, 3.8) is 0 Å². The summed E-state index contributed by atoms with van der Waals surface area (Å²) < 4.78 is 6.61. The second kappa shape index (κ2) is 5.30. The summed E-state index contributed by atoms with van der Waals surface area (Å²) in [4.78, 5) is 4.64. The summed E-state index contributed by atoms with van der Waals surface area (Å²) >= 11 is 3.47. The van der Waals surface area contributed by atoms with Gasteiger partial charge in [0.2, 0.25) is 11.7 Å².